The van der Waals surface area contributed by atoms with Crippen LogP contribution in [0.15, 0.2) is 36.5 Å². The Balaban J connectivity index is 2.01. The highest BCUT2D eigenvalue weighted by molar-refractivity contribution is 6.33. The number of likely N-dealkylation sites (N-methyl/N-ethyl adjacent to an activating group) is 1. The molecular weight excluding hydrogens is 286 g/mol. The molecule has 21 heavy (non-hydrogen) atoms. The van der Waals surface area contributed by atoms with Gasteiger partial charge >= 0.3 is 0 Å². The van der Waals surface area contributed by atoms with Gasteiger partial charge in [0, 0.05) is 19.8 Å². The van der Waals surface area contributed by atoms with Crippen molar-refractivity contribution in [1.29, 1.82) is 5.26 Å². The van der Waals surface area contributed by atoms with Crippen molar-refractivity contribution in [2.75, 3.05) is 25.6 Å². The van der Waals surface area contributed by atoms with Crippen molar-refractivity contribution in [3.8, 4) is 11.8 Å². The Morgan fingerprint density at radius 1 is 1.33 bits per heavy atom. The summed E-state index contributed by atoms with van der Waals surface area (Å²) in [6.07, 6.45) is 2.41. The van der Waals surface area contributed by atoms with Crippen LogP contribution in [0.5, 0.6) is 5.75 Å². The molecule has 2 aromatic rings. The number of hydrogen-bond acceptors (Lipinski definition) is 4. The molecule has 5 heteroatoms. The van der Waals surface area contributed by atoms with Crippen molar-refractivity contribution in [2.45, 2.75) is 6.42 Å². The van der Waals surface area contributed by atoms with E-state index in [2.05, 4.69) is 4.98 Å². The maximum atomic E-state index is 8.81. The van der Waals surface area contributed by atoms with E-state index in [1.807, 2.05) is 42.3 Å². The lowest BCUT2D eigenvalue weighted by Crippen LogP contribution is -2.21. The normalized spacial score (nSPS) is 10.0. The molecule has 0 bridgehead atoms. The zero-order valence-corrected chi connectivity index (χ0v) is 12.8. The van der Waals surface area contributed by atoms with Crippen molar-refractivity contribution in [3.63, 3.8) is 0 Å². The van der Waals surface area contributed by atoms with E-state index in [9.17, 15) is 0 Å². The van der Waals surface area contributed by atoms with E-state index >= 15 is 0 Å². The average molecular weight is 302 g/mol. The molecule has 108 valence electrons. The van der Waals surface area contributed by atoms with Gasteiger partial charge in [-0.2, -0.15) is 5.26 Å². The largest absolute Gasteiger partial charge is 0.497 e. The lowest BCUT2D eigenvalue weighted by molar-refractivity contribution is 0.414. The van der Waals surface area contributed by atoms with E-state index in [1.54, 1.807) is 13.2 Å². The van der Waals surface area contributed by atoms with Crippen LogP contribution in [0.1, 0.15) is 11.1 Å². The molecule has 0 saturated heterocycles. The van der Waals surface area contributed by atoms with Crippen molar-refractivity contribution >= 4 is 17.4 Å². The Bertz CT molecular complexity index is 650. The number of ether oxygens (including phenoxy) is 1. The predicted molar refractivity (Wildman–Crippen MR) is 83.9 cm³/mol. The number of nitriles is 1. The van der Waals surface area contributed by atoms with Crippen LogP contribution in [0.4, 0.5) is 5.82 Å². The van der Waals surface area contributed by atoms with E-state index in [4.69, 9.17) is 21.6 Å². The summed E-state index contributed by atoms with van der Waals surface area (Å²) in [4.78, 5) is 6.22. The maximum Gasteiger partial charge on any atom is 0.147 e. The van der Waals surface area contributed by atoms with Crippen LogP contribution in [-0.4, -0.2) is 25.7 Å². The summed E-state index contributed by atoms with van der Waals surface area (Å²) in [5.74, 6) is 1.54. The Morgan fingerprint density at radius 2 is 2.05 bits per heavy atom. The summed E-state index contributed by atoms with van der Waals surface area (Å²) >= 11 is 6.15. The Kier molecular flexibility index (Phi) is 5.02. The number of halogens is 1. The maximum absolute atomic E-state index is 8.81. The molecule has 0 N–H and O–H groups in total. The lowest BCUT2D eigenvalue weighted by atomic mass is 10.1. The van der Waals surface area contributed by atoms with E-state index in [-0.39, 0.29) is 0 Å². The molecule has 0 aliphatic heterocycles. The zero-order chi connectivity index (χ0) is 15.2. The van der Waals surface area contributed by atoms with Gasteiger partial charge in [-0.1, -0.05) is 23.7 Å². The Labute approximate surface area is 129 Å². The molecule has 4 nitrogen and oxygen atoms in total. The third kappa shape index (κ3) is 3.87. The second-order valence-corrected chi connectivity index (χ2v) is 5.07. The van der Waals surface area contributed by atoms with Crippen LogP contribution in [0.3, 0.4) is 0 Å². The van der Waals surface area contributed by atoms with Crippen molar-refractivity contribution in [2.24, 2.45) is 0 Å². The molecule has 0 aliphatic rings. The van der Waals surface area contributed by atoms with Gasteiger partial charge in [0.15, 0.2) is 0 Å². The van der Waals surface area contributed by atoms with Gasteiger partial charge in [-0.25, -0.2) is 4.98 Å². The first-order valence-corrected chi connectivity index (χ1v) is 6.91. The second-order valence-electron chi connectivity index (χ2n) is 4.66. The highest BCUT2D eigenvalue weighted by Crippen LogP contribution is 2.23. The second kappa shape index (κ2) is 6.96. The lowest BCUT2D eigenvalue weighted by Gasteiger charge is -2.19. The Hall–Kier alpha value is -2.25. The first kappa shape index (κ1) is 15.1. The van der Waals surface area contributed by atoms with Crippen LogP contribution in [0.2, 0.25) is 5.02 Å². The van der Waals surface area contributed by atoms with Crippen LogP contribution in [0, 0.1) is 11.3 Å². The number of rotatable bonds is 5. The number of anilines is 1. The highest BCUT2D eigenvalue weighted by Gasteiger charge is 2.09. The van der Waals surface area contributed by atoms with Gasteiger partial charge in [0.2, 0.25) is 0 Å². The summed E-state index contributed by atoms with van der Waals surface area (Å²) in [5, 5.41) is 9.31. The van der Waals surface area contributed by atoms with Gasteiger partial charge in [0.25, 0.3) is 0 Å². The van der Waals surface area contributed by atoms with Crippen LogP contribution >= 0.6 is 11.6 Å². The minimum absolute atomic E-state index is 0.465. The molecule has 0 spiro atoms. The molecule has 0 saturated carbocycles. The number of aromatic nitrogens is 1. The number of benzene rings is 1. The number of nitrogens with zero attached hydrogens (tertiary/aromatic N) is 3. The topological polar surface area (TPSA) is 49.1 Å². The molecule has 0 fully saturated rings. The molecule has 0 atom stereocenters. The van der Waals surface area contributed by atoms with Crippen molar-refractivity contribution in [3.05, 3.63) is 52.7 Å². The monoisotopic (exact) mass is 301 g/mol. The van der Waals surface area contributed by atoms with Crippen LogP contribution < -0.4 is 9.64 Å². The Morgan fingerprint density at radius 3 is 2.62 bits per heavy atom. The first-order valence-electron chi connectivity index (χ1n) is 6.53. The number of methoxy groups -OCH3 is 1. The summed E-state index contributed by atoms with van der Waals surface area (Å²) in [7, 11) is 3.59. The van der Waals surface area contributed by atoms with E-state index in [0.717, 1.165) is 18.7 Å². The van der Waals surface area contributed by atoms with Crippen LogP contribution in [0.25, 0.3) is 0 Å². The number of hydrogen-bond donors (Lipinski definition) is 0. The van der Waals surface area contributed by atoms with E-state index in [1.165, 1.54) is 11.8 Å². The summed E-state index contributed by atoms with van der Waals surface area (Å²) < 4.78 is 5.14. The third-order valence-corrected chi connectivity index (χ3v) is 3.49. The molecule has 0 unspecified atom stereocenters. The minimum atomic E-state index is 0.465. The fourth-order valence-corrected chi connectivity index (χ4v) is 2.28. The standard InChI is InChI=1S/C16H16ClN3O/c1-20(16-15(17)9-13(10-18)11-19-16)8-7-12-3-5-14(21-2)6-4-12/h3-6,9,11H,7-8H2,1-2H3. The molecule has 1 aromatic carbocycles. The zero-order valence-electron chi connectivity index (χ0n) is 12.0. The smallest absolute Gasteiger partial charge is 0.147 e. The summed E-state index contributed by atoms with van der Waals surface area (Å²) in [6, 6.07) is 11.6. The van der Waals surface area contributed by atoms with E-state index in [0.29, 0.717) is 16.4 Å². The van der Waals surface area contributed by atoms with Gasteiger partial charge in [-0.15, -0.1) is 0 Å². The van der Waals surface area contributed by atoms with Gasteiger partial charge in [0.1, 0.15) is 17.6 Å². The molecule has 1 aromatic heterocycles. The molecule has 0 aliphatic carbocycles. The quantitative estimate of drug-likeness (QED) is 0.850. The van der Waals surface area contributed by atoms with Crippen molar-refractivity contribution in [1.82, 2.24) is 4.98 Å². The van der Waals surface area contributed by atoms with Gasteiger partial charge in [-0.05, 0) is 30.2 Å². The van der Waals surface area contributed by atoms with Gasteiger partial charge in [0.05, 0.1) is 17.7 Å². The molecule has 0 radical (unpaired) electrons. The van der Waals surface area contributed by atoms with Gasteiger partial charge < -0.3 is 9.64 Å². The predicted octanol–water partition coefficient (Wildman–Crippen LogP) is 3.29. The van der Waals surface area contributed by atoms with E-state index < -0.39 is 0 Å². The highest BCUT2D eigenvalue weighted by atomic mass is 35.5. The third-order valence-electron chi connectivity index (χ3n) is 3.21. The van der Waals surface area contributed by atoms with Crippen molar-refractivity contribution < 1.29 is 4.74 Å². The fraction of sp³-hybridized carbons (Fsp3) is 0.250. The summed E-state index contributed by atoms with van der Waals surface area (Å²) in [6.45, 7) is 0.783. The van der Waals surface area contributed by atoms with Gasteiger partial charge in [-0.3, -0.25) is 0 Å². The number of pyridine rings is 1. The molecule has 2 rings (SSSR count). The van der Waals surface area contributed by atoms with Crippen LogP contribution in [-0.2, 0) is 6.42 Å². The molecule has 0 amide bonds. The minimum Gasteiger partial charge on any atom is -0.497 e. The SMILES string of the molecule is COc1ccc(CCN(C)c2ncc(C#N)cc2Cl)cc1. The molecule has 1 heterocycles. The fourth-order valence-electron chi connectivity index (χ4n) is 1.97. The average Bonchev–Trinajstić information content (AvgIpc) is 2.52. The first-order chi connectivity index (χ1) is 10.1. The molecular formula is C16H16ClN3O. The summed E-state index contributed by atoms with van der Waals surface area (Å²) in [5.41, 5.74) is 1.68.